The highest BCUT2D eigenvalue weighted by Crippen LogP contribution is 2.31. The first-order valence-electron chi connectivity index (χ1n) is 5.18. The van der Waals surface area contributed by atoms with Gasteiger partial charge in [0.25, 0.3) is 0 Å². The van der Waals surface area contributed by atoms with Gasteiger partial charge >= 0.3 is 0 Å². The van der Waals surface area contributed by atoms with Crippen molar-refractivity contribution in [1.82, 2.24) is 10.3 Å². The first-order chi connectivity index (χ1) is 8.74. The van der Waals surface area contributed by atoms with Gasteiger partial charge in [0.05, 0.1) is 5.69 Å². The fourth-order valence-electron chi connectivity index (χ4n) is 1.57. The molecule has 3 aromatic rings. The van der Waals surface area contributed by atoms with Crippen LogP contribution in [-0.2, 0) is 0 Å². The molecule has 5 nitrogen and oxygen atoms in total. The Kier molecular flexibility index (Phi) is 2.64. The van der Waals surface area contributed by atoms with E-state index in [4.69, 9.17) is 10.5 Å². The van der Waals surface area contributed by atoms with Crippen LogP contribution < -0.4 is 10.5 Å². The number of halogens is 1. The summed E-state index contributed by atoms with van der Waals surface area (Å²) in [5.41, 5.74) is 7.28. The maximum Gasteiger partial charge on any atom is 0.179 e. The molecular formula is C12H8BrN3O2. The Balaban J connectivity index is 2.02. The van der Waals surface area contributed by atoms with Crippen molar-refractivity contribution in [3.63, 3.8) is 0 Å². The third-order valence-corrected chi connectivity index (χ3v) is 2.98. The van der Waals surface area contributed by atoms with E-state index in [0.717, 1.165) is 4.47 Å². The molecule has 0 spiro atoms. The number of hydrogen-bond acceptors (Lipinski definition) is 5. The molecule has 0 saturated carbocycles. The molecule has 2 aromatic carbocycles. The molecule has 0 amide bonds. The van der Waals surface area contributed by atoms with Gasteiger partial charge in [-0.05, 0) is 46.7 Å². The van der Waals surface area contributed by atoms with Crippen LogP contribution in [0.1, 0.15) is 0 Å². The lowest BCUT2D eigenvalue weighted by Gasteiger charge is -2.06. The van der Waals surface area contributed by atoms with E-state index in [1.165, 1.54) is 0 Å². The van der Waals surface area contributed by atoms with E-state index in [2.05, 4.69) is 30.9 Å². The first-order valence-corrected chi connectivity index (χ1v) is 5.97. The van der Waals surface area contributed by atoms with E-state index in [0.29, 0.717) is 28.2 Å². The van der Waals surface area contributed by atoms with Gasteiger partial charge in [-0.1, -0.05) is 15.9 Å². The number of nitrogens with zero attached hydrogens (tertiary/aromatic N) is 2. The molecule has 2 N–H and O–H groups in total. The Hall–Kier alpha value is -2.08. The van der Waals surface area contributed by atoms with Crippen molar-refractivity contribution in [2.24, 2.45) is 0 Å². The Morgan fingerprint density at radius 3 is 2.50 bits per heavy atom. The average molecular weight is 306 g/mol. The normalized spacial score (nSPS) is 10.7. The standard InChI is InChI=1S/C12H8BrN3O2/c13-7-1-3-8(4-2-7)17-10-6-5-9(14)11-12(10)16-18-15-11/h1-6H,14H2. The van der Waals surface area contributed by atoms with Crippen LogP contribution in [0.3, 0.4) is 0 Å². The Morgan fingerprint density at radius 1 is 1.00 bits per heavy atom. The quantitative estimate of drug-likeness (QED) is 0.735. The monoisotopic (exact) mass is 305 g/mol. The van der Waals surface area contributed by atoms with Gasteiger partial charge in [0.1, 0.15) is 5.75 Å². The predicted octanol–water partition coefficient (Wildman–Crippen LogP) is 3.36. The van der Waals surface area contributed by atoms with Gasteiger partial charge in [0.15, 0.2) is 16.8 Å². The van der Waals surface area contributed by atoms with Crippen molar-refractivity contribution in [3.8, 4) is 11.5 Å². The van der Waals surface area contributed by atoms with Crippen LogP contribution in [0, 0.1) is 0 Å². The highest BCUT2D eigenvalue weighted by atomic mass is 79.9. The summed E-state index contributed by atoms with van der Waals surface area (Å²) in [4.78, 5) is 0. The minimum atomic E-state index is 0.504. The average Bonchev–Trinajstić information content (AvgIpc) is 2.86. The van der Waals surface area contributed by atoms with Crippen LogP contribution >= 0.6 is 15.9 Å². The number of nitrogen functional groups attached to an aromatic ring is 1. The van der Waals surface area contributed by atoms with Crippen LogP contribution in [0.5, 0.6) is 11.5 Å². The first kappa shape index (κ1) is 11.0. The highest BCUT2D eigenvalue weighted by Gasteiger charge is 2.11. The van der Waals surface area contributed by atoms with E-state index in [9.17, 15) is 0 Å². The molecule has 0 aliphatic heterocycles. The zero-order valence-electron chi connectivity index (χ0n) is 9.13. The Labute approximate surface area is 111 Å². The summed E-state index contributed by atoms with van der Waals surface area (Å²) >= 11 is 3.36. The fraction of sp³-hybridized carbons (Fsp3) is 0. The number of hydrogen-bond donors (Lipinski definition) is 1. The van der Waals surface area contributed by atoms with Gasteiger partial charge < -0.3 is 10.5 Å². The van der Waals surface area contributed by atoms with Crippen LogP contribution in [0.4, 0.5) is 5.69 Å². The second-order valence-corrected chi connectivity index (χ2v) is 4.59. The molecule has 0 aliphatic carbocycles. The third-order valence-electron chi connectivity index (χ3n) is 2.45. The molecule has 3 rings (SSSR count). The summed E-state index contributed by atoms with van der Waals surface area (Å²) in [6.45, 7) is 0. The maximum absolute atomic E-state index is 5.76. The van der Waals surface area contributed by atoms with Gasteiger partial charge in [0, 0.05) is 4.47 Å². The Morgan fingerprint density at radius 2 is 1.72 bits per heavy atom. The molecule has 6 heteroatoms. The summed E-state index contributed by atoms with van der Waals surface area (Å²) in [5.74, 6) is 1.26. The van der Waals surface area contributed by atoms with Gasteiger partial charge in [-0.2, -0.15) is 0 Å². The molecule has 0 atom stereocenters. The van der Waals surface area contributed by atoms with Gasteiger partial charge in [-0.3, -0.25) is 0 Å². The summed E-state index contributed by atoms with van der Waals surface area (Å²) in [6, 6.07) is 10.9. The predicted molar refractivity (Wildman–Crippen MR) is 70.4 cm³/mol. The van der Waals surface area contributed by atoms with Crippen LogP contribution in [-0.4, -0.2) is 10.3 Å². The zero-order valence-corrected chi connectivity index (χ0v) is 10.7. The number of nitrogens with two attached hydrogens (primary N) is 1. The molecule has 1 aromatic heterocycles. The molecule has 1 heterocycles. The minimum absolute atomic E-state index is 0.504. The molecular weight excluding hydrogens is 298 g/mol. The highest BCUT2D eigenvalue weighted by molar-refractivity contribution is 9.10. The molecule has 90 valence electrons. The number of anilines is 1. The summed E-state index contributed by atoms with van der Waals surface area (Å²) < 4.78 is 11.4. The summed E-state index contributed by atoms with van der Waals surface area (Å²) in [7, 11) is 0. The smallest absolute Gasteiger partial charge is 0.179 e. The van der Waals surface area contributed by atoms with Crippen molar-refractivity contribution < 1.29 is 9.37 Å². The van der Waals surface area contributed by atoms with Crippen molar-refractivity contribution in [3.05, 3.63) is 40.9 Å². The van der Waals surface area contributed by atoms with E-state index < -0.39 is 0 Å². The van der Waals surface area contributed by atoms with Crippen molar-refractivity contribution >= 4 is 32.7 Å². The molecule has 0 saturated heterocycles. The number of aromatic nitrogens is 2. The lowest BCUT2D eigenvalue weighted by Crippen LogP contribution is -1.90. The van der Waals surface area contributed by atoms with Crippen molar-refractivity contribution in [1.29, 1.82) is 0 Å². The molecule has 0 aliphatic rings. The number of benzene rings is 2. The SMILES string of the molecule is Nc1ccc(Oc2ccc(Br)cc2)c2nonc12. The lowest BCUT2D eigenvalue weighted by molar-refractivity contribution is 0.314. The minimum Gasteiger partial charge on any atom is -0.455 e. The largest absolute Gasteiger partial charge is 0.455 e. The molecule has 0 fully saturated rings. The number of fused-ring (bicyclic) bond motifs is 1. The van der Waals surface area contributed by atoms with Gasteiger partial charge in [-0.15, -0.1) is 0 Å². The second-order valence-electron chi connectivity index (χ2n) is 3.67. The molecule has 18 heavy (non-hydrogen) atoms. The topological polar surface area (TPSA) is 74.2 Å². The Bertz CT molecular complexity index is 694. The fourth-order valence-corrected chi connectivity index (χ4v) is 1.84. The number of rotatable bonds is 2. The number of ether oxygens (including phenoxy) is 1. The third kappa shape index (κ3) is 1.91. The van der Waals surface area contributed by atoms with Crippen LogP contribution in [0.2, 0.25) is 0 Å². The lowest BCUT2D eigenvalue weighted by atomic mass is 10.2. The second kappa shape index (κ2) is 4.30. The molecule has 0 radical (unpaired) electrons. The van der Waals surface area contributed by atoms with E-state index in [1.54, 1.807) is 12.1 Å². The van der Waals surface area contributed by atoms with Crippen LogP contribution in [0.15, 0.2) is 45.5 Å². The van der Waals surface area contributed by atoms with E-state index >= 15 is 0 Å². The maximum atomic E-state index is 5.76. The van der Waals surface area contributed by atoms with Gasteiger partial charge in [0.2, 0.25) is 0 Å². The molecule has 0 unspecified atom stereocenters. The summed E-state index contributed by atoms with van der Waals surface area (Å²) in [6.07, 6.45) is 0. The van der Waals surface area contributed by atoms with Crippen molar-refractivity contribution in [2.45, 2.75) is 0 Å². The van der Waals surface area contributed by atoms with E-state index in [-0.39, 0.29) is 0 Å². The summed E-state index contributed by atoms with van der Waals surface area (Å²) in [5, 5.41) is 7.53. The van der Waals surface area contributed by atoms with Crippen molar-refractivity contribution in [2.75, 3.05) is 5.73 Å². The molecule has 0 bridgehead atoms. The van der Waals surface area contributed by atoms with Crippen LogP contribution in [0.25, 0.3) is 11.0 Å². The zero-order chi connectivity index (χ0) is 12.5. The van der Waals surface area contributed by atoms with Gasteiger partial charge in [-0.25, -0.2) is 4.63 Å². The van der Waals surface area contributed by atoms with E-state index in [1.807, 2.05) is 24.3 Å².